The molecule has 1 atom stereocenters. The molecule has 0 saturated carbocycles. The van der Waals surface area contributed by atoms with Crippen LogP contribution >= 0.6 is 0 Å². The minimum atomic E-state index is -1.27. The van der Waals surface area contributed by atoms with Gasteiger partial charge in [-0.2, -0.15) is 0 Å². The molecule has 0 saturated heterocycles. The van der Waals surface area contributed by atoms with Gasteiger partial charge in [-0.15, -0.1) is 5.01 Å². The Morgan fingerprint density at radius 1 is 0.809 bits per heavy atom. The summed E-state index contributed by atoms with van der Waals surface area (Å²) in [6.07, 6.45) is -2.10. The number of ether oxygens (including phenoxy) is 4. The highest BCUT2D eigenvalue weighted by molar-refractivity contribution is 6.07. The molecule has 2 aromatic carbocycles. The van der Waals surface area contributed by atoms with E-state index in [1.807, 2.05) is 19.9 Å². The van der Waals surface area contributed by atoms with Crippen molar-refractivity contribution in [2.45, 2.75) is 100 Å². The highest BCUT2D eigenvalue weighted by atomic mass is 16.7. The number of hydrogen-bond donors (Lipinski definition) is 1. The number of hydrazine groups is 1. The number of esters is 1. The molecule has 2 rings (SSSR count). The lowest BCUT2D eigenvalue weighted by Gasteiger charge is -2.41. The normalized spacial score (nSPS) is 12.4. The van der Waals surface area contributed by atoms with Gasteiger partial charge in [0.05, 0.1) is 12.6 Å². The molecule has 12 heteroatoms. The Labute approximate surface area is 277 Å². The number of rotatable bonds is 7. The number of amides is 4. The Morgan fingerprint density at radius 2 is 1.38 bits per heavy atom. The molecule has 2 aromatic rings. The van der Waals surface area contributed by atoms with Crippen LogP contribution in [0.2, 0.25) is 0 Å². The van der Waals surface area contributed by atoms with Gasteiger partial charge in [0.2, 0.25) is 6.79 Å². The molecule has 0 radical (unpaired) electrons. The van der Waals surface area contributed by atoms with Crippen LogP contribution in [0, 0.1) is 26.2 Å². The number of nitrogens with one attached hydrogen (secondary N) is 1. The molecule has 12 nitrogen and oxygen atoms in total. The fourth-order valence-corrected chi connectivity index (χ4v) is 4.69. The van der Waals surface area contributed by atoms with E-state index < -0.39 is 59.4 Å². The second-order valence-corrected chi connectivity index (χ2v) is 14.4. The third kappa shape index (κ3) is 10.5. The number of hydrogen-bond acceptors (Lipinski definition) is 9. The number of carbonyl (C=O) groups is 5. The van der Waals surface area contributed by atoms with Crippen LogP contribution in [0.15, 0.2) is 36.4 Å². The van der Waals surface area contributed by atoms with Crippen molar-refractivity contribution >= 4 is 30.0 Å². The van der Waals surface area contributed by atoms with Crippen LogP contribution in [0.5, 0.6) is 5.75 Å². The van der Waals surface area contributed by atoms with Crippen molar-refractivity contribution in [1.82, 2.24) is 15.3 Å². The first-order valence-corrected chi connectivity index (χ1v) is 15.2. The second-order valence-electron chi connectivity index (χ2n) is 14.4. The predicted molar refractivity (Wildman–Crippen MR) is 176 cm³/mol. The predicted octanol–water partition coefficient (Wildman–Crippen LogP) is 6.50. The zero-order chi connectivity index (χ0) is 36.1. The van der Waals surface area contributed by atoms with Crippen LogP contribution in [0.25, 0.3) is 0 Å². The summed E-state index contributed by atoms with van der Waals surface area (Å²) in [5, 5.41) is 4.14. The number of methoxy groups -OCH3 is 1. The maximum atomic E-state index is 14.2. The fourth-order valence-electron chi connectivity index (χ4n) is 4.69. The first-order valence-electron chi connectivity index (χ1n) is 15.2. The van der Waals surface area contributed by atoms with Gasteiger partial charge in [0.15, 0.2) is 0 Å². The number of aryl methyl sites for hydroxylation is 2. The van der Waals surface area contributed by atoms with E-state index in [9.17, 15) is 24.0 Å². The SMILES string of the molecule is COc1cccc(C(=O)N(C(=O)OCOC(=O)C(NC(=O)OC(C)(C)C)C(C)(C)C)N(C(=O)c2cc(C)cc(C)c2)C(C)(C)C)c1C. The molecule has 0 aromatic heterocycles. The Bertz CT molecular complexity index is 1480. The number of imide groups is 1. The Morgan fingerprint density at radius 3 is 1.87 bits per heavy atom. The van der Waals surface area contributed by atoms with Gasteiger partial charge in [-0.25, -0.2) is 19.4 Å². The van der Waals surface area contributed by atoms with Gasteiger partial charge in [-0.1, -0.05) is 44.0 Å². The smallest absolute Gasteiger partial charge is 0.439 e. The van der Waals surface area contributed by atoms with Crippen molar-refractivity contribution in [3.8, 4) is 5.75 Å². The summed E-state index contributed by atoms with van der Waals surface area (Å²) in [6.45, 7) is 19.6. The first kappa shape index (κ1) is 38.6. The van der Waals surface area contributed by atoms with Gasteiger partial charge in [0.1, 0.15) is 17.4 Å². The van der Waals surface area contributed by atoms with Crippen LogP contribution in [0.4, 0.5) is 9.59 Å². The van der Waals surface area contributed by atoms with Gasteiger partial charge >= 0.3 is 18.2 Å². The van der Waals surface area contributed by atoms with E-state index >= 15 is 0 Å². The van der Waals surface area contributed by atoms with E-state index in [4.69, 9.17) is 18.9 Å². The van der Waals surface area contributed by atoms with E-state index in [1.165, 1.54) is 13.2 Å². The van der Waals surface area contributed by atoms with Crippen LogP contribution < -0.4 is 10.1 Å². The molecular weight excluding hydrogens is 606 g/mol. The third-order valence-corrected chi connectivity index (χ3v) is 6.74. The van der Waals surface area contributed by atoms with Crippen molar-refractivity contribution in [3.63, 3.8) is 0 Å². The number of benzene rings is 2. The Balaban J connectivity index is 2.50. The number of alkyl carbamates (subject to hydrolysis) is 1. The molecule has 0 fully saturated rings. The number of nitrogens with zero attached hydrogens (tertiary/aromatic N) is 2. The van der Waals surface area contributed by atoms with Gasteiger partial charge in [-0.3, -0.25) is 9.59 Å². The molecule has 47 heavy (non-hydrogen) atoms. The summed E-state index contributed by atoms with van der Waals surface area (Å²) in [4.78, 5) is 67.8. The molecule has 0 aliphatic carbocycles. The third-order valence-electron chi connectivity index (χ3n) is 6.74. The lowest BCUT2D eigenvalue weighted by atomic mass is 9.87. The monoisotopic (exact) mass is 655 g/mol. The minimum absolute atomic E-state index is 0.0788. The fraction of sp³-hybridized carbons (Fsp3) is 0.514. The molecule has 0 aliphatic rings. The van der Waals surface area contributed by atoms with Crippen LogP contribution in [0.1, 0.15) is 99.7 Å². The summed E-state index contributed by atoms with van der Waals surface area (Å²) in [6, 6.07) is 8.78. The molecule has 0 aliphatic heterocycles. The zero-order valence-electron chi connectivity index (χ0n) is 29.8. The van der Waals surface area contributed by atoms with Gasteiger partial charge in [-0.05, 0) is 92.0 Å². The highest BCUT2D eigenvalue weighted by Gasteiger charge is 2.42. The van der Waals surface area contributed by atoms with Crippen molar-refractivity contribution in [2.24, 2.45) is 5.41 Å². The van der Waals surface area contributed by atoms with Crippen molar-refractivity contribution in [3.05, 3.63) is 64.2 Å². The van der Waals surface area contributed by atoms with Crippen molar-refractivity contribution in [1.29, 1.82) is 0 Å². The summed E-state index contributed by atoms with van der Waals surface area (Å²) in [5.41, 5.74) is -0.367. The van der Waals surface area contributed by atoms with Crippen LogP contribution in [-0.4, -0.2) is 71.1 Å². The Hall–Kier alpha value is -4.61. The summed E-state index contributed by atoms with van der Waals surface area (Å²) >= 11 is 0. The molecule has 1 N–H and O–H groups in total. The quantitative estimate of drug-likeness (QED) is 0.201. The van der Waals surface area contributed by atoms with Crippen molar-refractivity contribution < 1.29 is 42.9 Å². The first-order chi connectivity index (χ1) is 21.5. The number of carbonyl (C=O) groups excluding carboxylic acids is 5. The average molecular weight is 656 g/mol. The highest BCUT2D eigenvalue weighted by Crippen LogP contribution is 2.28. The standard InChI is InChI=1S/C35H49N3O9/c1-21-17-22(2)19-24(18-21)28(39)38(34(7,8)9)37(29(40)25-15-14-16-26(44-13)23(25)3)32(43)46-20-45-30(41)27(33(4,5)6)36-31(42)47-35(10,11)12/h14-19,27H,20H2,1-13H3,(H,36,42). The minimum Gasteiger partial charge on any atom is -0.496 e. The second kappa shape index (κ2) is 14.9. The zero-order valence-corrected chi connectivity index (χ0v) is 29.8. The molecule has 4 amide bonds. The maximum absolute atomic E-state index is 14.2. The Kier molecular flexibility index (Phi) is 12.2. The summed E-state index contributed by atoms with van der Waals surface area (Å²) < 4.78 is 21.2. The van der Waals surface area contributed by atoms with E-state index in [0.29, 0.717) is 16.3 Å². The maximum Gasteiger partial charge on any atom is 0.439 e. The molecular formula is C35H49N3O9. The van der Waals surface area contributed by atoms with Gasteiger partial charge in [0.25, 0.3) is 11.8 Å². The topological polar surface area (TPSA) is 141 Å². The molecule has 0 spiro atoms. The molecule has 0 heterocycles. The van der Waals surface area contributed by atoms with E-state index in [0.717, 1.165) is 16.1 Å². The average Bonchev–Trinajstić information content (AvgIpc) is 2.91. The summed E-state index contributed by atoms with van der Waals surface area (Å²) in [7, 11) is 1.45. The largest absolute Gasteiger partial charge is 0.496 e. The molecule has 1 unspecified atom stereocenters. The van der Waals surface area contributed by atoms with E-state index in [2.05, 4.69) is 5.32 Å². The lowest BCUT2D eigenvalue weighted by Crippen LogP contribution is -2.60. The lowest BCUT2D eigenvalue weighted by molar-refractivity contribution is -0.158. The van der Waals surface area contributed by atoms with Gasteiger partial charge < -0.3 is 24.3 Å². The van der Waals surface area contributed by atoms with Crippen molar-refractivity contribution in [2.75, 3.05) is 13.9 Å². The molecule has 0 bridgehead atoms. The van der Waals surface area contributed by atoms with Crippen LogP contribution in [-0.2, 0) is 19.0 Å². The van der Waals surface area contributed by atoms with E-state index in [1.54, 1.807) is 93.5 Å². The summed E-state index contributed by atoms with van der Waals surface area (Å²) in [5.74, 6) is -2.02. The van der Waals surface area contributed by atoms with Crippen LogP contribution in [0.3, 0.4) is 0 Å². The molecule has 258 valence electrons. The van der Waals surface area contributed by atoms with Gasteiger partial charge in [0, 0.05) is 16.7 Å². The van der Waals surface area contributed by atoms with E-state index in [-0.39, 0.29) is 11.1 Å².